The Morgan fingerprint density at radius 3 is 2.30 bits per heavy atom. The molecule has 0 spiro atoms. The van der Waals surface area contributed by atoms with Gasteiger partial charge < -0.3 is 9.14 Å². The Kier molecular flexibility index (Phi) is 3.63. The van der Waals surface area contributed by atoms with Gasteiger partial charge in [0.05, 0.1) is 11.4 Å². The van der Waals surface area contributed by atoms with Gasteiger partial charge in [-0.15, -0.1) is 13.2 Å². The molecule has 0 saturated heterocycles. The van der Waals surface area contributed by atoms with Crippen LogP contribution in [0.2, 0.25) is 0 Å². The lowest BCUT2D eigenvalue weighted by Crippen LogP contribution is -2.16. The maximum atomic E-state index is 13.5. The number of ether oxygens (including phenoxy) is 1. The van der Waals surface area contributed by atoms with Crippen LogP contribution in [-0.4, -0.2) is 21.7 Å². The van der Waals surface area contributed by atoms with E-state index in [0.29, 0.717) is 16.6 Å². The molecule has 2 heterocycles. The van der Waals surface area contributed by atoms with Crippen LogP contribution in [0.3, 0.4) is 0 Å². The first-order valence-electron chi connectivity index (χ1n) is 7.84. The Labute approximate surface area is 149 Å². The monoisotopic (exact) mass is 379 g/mol. The molecule has 0 amide bonds. The number of halogens is 5. The largest absolute Gasteiger partial charge is 0.573 e. The molecular formula is C18H10F5N3O. The van der Waals surface area contributed by atoms with Gasteiger partial charge in [0, 0.05) is 12.6 Å². The van der Waals surface area contributed by atoms with E-state index in [1.807, 2.05) is 6.07 Å². The van der Waals surface area contributed by atoms with Crippen molar-refractivity contribution in [3.63, 3.8) is 0 Å². The third-order valence-corrected chi connectivity index (χ3v) is 4.33. The normalized spacial score (nSPS) is 18.3. The van der Waals surface area contributed by atoms with Gasteiger partial charge in [-0.1, -0.05) is 18.2 Å². The molecule has 4 nitrogen and oxygen atoms in total. The van der Waals surface area contributed by atoms with E-state index in [0.717, 1.165) is 12.1 Å². The van der Waals surface area contributed by atoms with E-state index in [4.69, 9.17) is 0 Å². The Balaban J connectivity index is 1.73. The van der Waals surface area contributed by atoms with E-state index >= 15 is 0 Å². The Morgan fingerprint density at radius 1 is 1.11 bits per heavy atom. The Morgan fingerprint density at radius 2 is 1.74 bits per heavy atom. The van der Waals surface area contributed by atoms with Crippen LogP contribution < -0.4 is 4.74 Å². The van der Waals surface area contributed by atoms with Crippen LogP contribution in [0.1, 0.15) is 23.9 Å². The van der Waals surface area contributed by atoms with E-state index < -0.39 is 18.2 Å². The highest BCUT2D eigenvalue weighted by Crippen LogP contribution is 2.55. The predicted octanol–water partition coefficient (Wildman–Crippen LogP) is 4.89. The first-order valence-corrected chi connectivity index (χ1v) is 7.84. The van der Waals surface area contributed by atoms with Crippen molar-refractivity contribution < 1.29 is 26.7 Å². The number of rotatable bonds is 3. The second kappa shape index (κ2) is 5.67. The number of nitrogens with zero attached hydrogens (tertiary/aromatic N) is 3. The standard InChI is InChI=1S/C18H10F5N3O/c19-17(20)7-13(17)16-25-14(8-24)15-6-3-11(9-26(15)16)10-1-4-12(5-2-10)27-18(21,22)23/h1-6,9,13H,7H2. The third-order valence-electron chi connectivity index (χ3n) is 4.33. The number of hydrogen-bond acceptors (Lipinski definition) is 3. The Bertz CT molecular complexity index is 1060. The molecule has 1 aromatic carbocycles. The summed E-state index contributed by atoms with van der Waals surface area (Å²) >= 11 is 0. The molecule has 1 unspecified atom stereocenters. The summed E-state index contributed by atoms with van der Waals surface area (Å²) in [5.41, 5.74) is 1.59. The lowest BCUT2D eigenvalue weighted by atomic mass is 10.1. The second-order valence-electron chi connectivity index (χ2n) is 6.19. The molecule has 3 aromatic rings. The molecule has 9 heteroatoms. The summed E-state index contributed by atoms with van der Waals surface area (Å²) < 4.78 is 69.0. The smallest absolute Gasteiger partial charge is 0.406 e. The van der Waals surface area contributed by atoms with Crippen LogP contribution in [-0.2, 0) is 0 Å². The molecule has 0 bridgehead atoms. The fourth-order valence-electron chi connectivity index (χ4n) is 2.95. The first-order chi connectivity index (χ1) is 12.7. The van der Waals surface area contributed by atoms with Gasteiger partial charge in [-0.2, -0.15) is 5.26 Å². The van der Waals surface area contributed by atoms with Crippen LogP contribution in [0.5, 0.6) is 5.75 Å². The van der Waals surface area contributed by atoms with Crippen LogP contribution in [0.15, 0.2) is 42.6 Å². The summed E-state index contributed by atoms with van der Waals surface area (Å²) in [6, 6.07) is 10.3. The van der Waals surface area contributed by atoms with Gasteiger partial charge in [-0.25, -0.2) is 13.8 Å². The molecule has 27 heavy (non-hydrogen) atoms. The van der Waals surface area contributed by atoms with E-state index in [2.05, 4.69) is 9.72 Å². The molecule has 1 atom stereocenters. The van der Waals surface area contributed by atoms with Gasteiger partial charge in [0.1, 0.15) is 17.6 Å². The molecule has 1 saturated carbocycles. The number of hydrogen-bond donors (Lipinski definition) is 0. The zero-order valence-electron chi connectivity index (χ0n) is 13.5. The minimum absolute atomic E-state index is 0.0492. The van der Waals surface area contributed by atoms with Crippen molar-refractivity contribution in [1.29, 1.82) is 5.26 Å². The maximum absolute atomic E-state index is 13.5. The van der Waals surface area contributed by atoms with E-state index in [1.165, 1.54) is 16.5 Å². The summed E-state index contributed by atoms with van der Waals surface area (Å²) in [5, 5.41) is 9.17. The fraction of sp³-hybridized carbons (Fsp3) is 0.222. The first kappa shape index (κ1) is 17.3. The lowest BCUT2D eigenvalue weighted by Gasteiger charge is -2.10. The number of pyridine rings is 1. The van der Waals surface area contributed by atoms with Gasteiger partial charge in [-0.3, -0.25) is 0 Å². The highest BCUT2D eigenvalue weighted by Gasteiger charge is 2.60. The van der Waals surface area contributed by atoms with Crippen LogP contribution in [0, 0.1) is 11.3 Å². The minimum Gasteiger partial charge on any atom is -0.406 e. The number of nitriles is 1. The molecule has 0 N–H and O–H groups in total. The van der Waals surface area contributed by atoms with Gasteiger partial charge in [0.25, 0.3) is 5.92 Å². The summed E-state index contributed by atoms with van der Waals surface area (Å²) in [6.45, 7) is 0. The average Bonchev–Trinajstić information content (AvgIpc) is 3.08. The van der Waals surface area contributed by atoms with Crippen molar-refractivity contribution in [2.45, 2.75) is 24.6 Å². The number of imidazole rings is 1. The van der Waals surface area contributed by atoms with Crippen molar-refractivity contribution in [3.05, 3.63) is 54.1 Å². The zero-order chi connectivity index (χ0) is 19.4. The number of fused-ring (bicyclic) bond motifs is 1. The molecule has 2 aromatic heterocycles. The number of benzene rings is 1. The summed E-state index contributed by atoms with van der Waals surface area (Å²) in [4.78, 5) is 4.03. The molecular weight excluding hydrogens is 369 g/mol. The quantitative estimate of drug-likeness (QED) is 0.609. The second-order valence-corrected chi connectivity index (χ2v) is 6.19. The molecule has 1 aliphatic rings. The fourth-order valence-corrected chi connectivity index (χ4v) is 2.95. The summed E-state index contributed by atoms with van der Waals surface area (Å²) in [6.07, 6.45) is -3.56. The molecule has 1 fully saturated rings. The average molecular weight is 379 g/mol. The third kappa shape index (κ3) is 3.18. The SMILES string of the molecule is N#Cc1nc(C2CC2(F)F)n2cc(-c3ccc(OC(F)(F)F)cc3)ccc12. The molecule has 4 rings (SSSR count). The van der Waals surface area contributed by atoms with Crippen LogP contribution in [0.25, 0.3) is 16.6 Å². The van der Waals surface area contributed by atoms with E-state index in [1.54, 1.807) is 18.3 Å². The van der Waals surface area contributed by atoms with Crippen molar-refractivity contribution in [3.8, 4) is 22.9 Å². The summed E-state index contributed by atoms with van der Waals surface area (Å²) in [7, 11) is 0. The highest BCUT2D eigenvalue weighted by molar-refractivity contribution is 5.69. The summed E-state index contributed by atoms with van der Waals surface area (Å²) in [5.74, 6) is -4.16. The topological polar surface area (TPSA) is 50.3 Å². The van der Waals surface area contributed by atoms with E-state index in [9.17, 15) is 27.2 Å². The van der Waals surface area contributed by atoms with Crippen molar-refractivity contribution in [2.75, 3.05) is 0 Å². The molecule has 0 aliphatic heterocycles. The van der Waals surface area contributed by atoms with Crippen molar-refractivity contribution in [1.82, 2.24) is 9.38 Å². The molecule has 1 aliphatic carbocycles. The minimum atomic E-state index is -4.78. The zero-order valence-corrected chi connectivity index (χ0v) is 13.5. The van der Waals surface area contributed by atoms with Crippen LogP contribution in [0.4, 0.5) is 22.0 Å². The van der Waals surface area contributed by atoms with Crippen molar-refractivity contribution in [2.24, 2.45) is 0 Å². The van der Waals surface area contributed by atoms with Gasteiger partial charge >= 0.3 is 6.36 Å². The number of aromatic nitrogens is 2. The predicted molar refractivity (Wildman–Crippen MR) is 84.3 cm³/mol. The van der Waals surface area contributed by atoms with Gasteiger partial charge in [0.15, 0.2) is 5.69 Å². The Hall–Kier alpha value is -3.15. The lowest BCUT2D eigenvalue weighted by molar-refractivity contribution is -0.274. The van der Waals surface area contributed by atoms with Gasteiger partial charge in [-0.05, 0) is 29.3 Å². The highest BCUT2D eigenvalue weighted by atomic mass is 19.4. The molecule has 0 radical (unpaired) electrons. The maximum Gasteiger partial charge on any atom is 0.573 e. The number of alkyl halides is 5. The van der Waals surface area contributed by atoms with Crippen LogP contribution >= 0.6 is 0 Å². The molecule has 138 valence electrons. The van der Waals surface area contributed by atoms with Gasteiger partial charge in [0.2, 0.25) is 0 Å². The van der Waals surface area contributed by atoms with E-state index in [-0.39, 0.29) is 23.7 Å². The van der Waals surface area contributed by atoms with Crippen molar-refractivity contribution >= 4 is 5.52 Å².